The number of carbonyl (C=O) groups is 1. The van der Waals surface area contributed by atoms with Crippen molar-refractivity contribution in [3.8, 4) is 5.75 Å². The van der Waals surface area contributed by atoms with E-state index < -0.39 is 26.0 Å². The predicted octanol–water partition coefficient (Wildman–Crippen LogP) is 3.46. The Hall–Kier alpha value is -1.60. The standard InChI is InChI=1S/C13H8Cl2O5S/c14-9-6-7-10(21(17,18)19)11(15)12(9)20-13(16)8-4-2-1-3-5-8/h1-7H,(H,17,18,19). The lowest BCUT2D eigenvalue weighted by molar-refractivity contribution is 0.0734. The quantitative estimate of drug-likeness (QED) is 0.522. The van der Waals surface area contributed by atoms with Gasteiger partial charge in [-0.2, -0.15) is 8.42 Å². The molecule has 8 heteroatoms. The van der Waals surface area contributed by atoms with Gasteiger partial charge in [0.2, 0.25) is 0 Å². The summed E-state index contributed by atoms with van der Waals surface area (Å²) in [7, 11) is -4.56. The second-order valence-electron chi connectivity index (χ2n) is 3.92. The van der Waals surface area contributed by atoms with Crippen LogP contribution in [0.1, 0.15) is 10.4 Å². The Kier molecular flexibility index (Phi) is 4.53. The Bertz CT molecular complexity index is 788. The van der Waals surface area contributed by atoms with Gasteiger partial charge in [-0.25, -0.2) is 4.79 Å². The molecule has 1 N–H and O–H groups in total. The predicted molar refractivity (Wildman–Crippen MR) is 77.7 cm³/mol. The maximum atomic E-state index is 11.9. The van der Waals surface area contributed by atoms with Crippen LogP contribution in [0.5, 0.6) is 5.75 Å². The molecule has 0 amide bonds. The van der Waals surface area contributed by atoms with E-state index in [2.05, 4.69) is 0 Å². The minimum Gasteiger partial charge on any atom is -0.420 e. The molecule has 2 aromatic rings. The van der Waals surface area contributed by atoms with Crippen LogP contribution in [0.4, 0.5) is 0 Å². The summed E-state index contributed by atoms with van der Waals surface area (Å²) < 4.78 is 36.4. The molecule has 0 saturated carbocycles. The molecule has 0 aliphatic rings. The van der Waals surface area contributed by atoms with Crippen LogP contribution in [0.2, 0.25) is 10.0 Å². The molecule has 2 rings (SSSR count). The third-order valence-electron chi connectivity index (χ3n) is 2.50. The molecule has 21 heavy (non-hydrogen) atoms. The zero-order chi connectivity index (χ0) is 15.6. The molecule has 0 aromatic heterocycles. The topological polar surface area (TPSA) is 80.7 Å². The Balaban J connectivity index is 2.43. The maximum absolute atomic E-state index is 11.9. The number of rotatable bonds is 3. The highest BCUT2D eigenvalue weighted by atomic mass is 35.5. The molecular formula is C13H8Cl2O5S. The molecule has 0 radical (unpaired) electrons. The van der Waals surface area contributed by atoms with Crippen LogP contribution < -0.4 is 4.74 Å². The van der Waals surface area contributed by atoms with Gasteiger partial charge < -0.3 is 4.74 Å². The van der Waals surface area contributed by atoms with Crippen molar-refractivity contribution in [3.05, 3.63) is 58.1 Å². The molecule has 0 unspecified atom stereocenters. The van der Waals surface area contributed by atoms with Gasteiger partial charge in [0, 0.05) is 0 Å². The molecule has 0 bridgehead atoms. The minimum absolute atomic E-state index is 0.0586. The van der Waals surface area contributed by atoms with E-state index in [1.165, 1.54) is 12.1 Å². The van der Waals surface area contributed by atoms with E-state index in [1.807, 2.05) is 0 Å². The maximum Gasteiger partial charge on any atom is 0.343 e. The second kappa shape index (κ2) is 6.03. The van der Waals surface area contributed by atoms with Crippen molar-refractivity contribution in [2.75, 3.05) is 0 Å². The van der Waals surface area contributed by atoms with Crippen LogP contribution in [0, 0.1) is 0 Å². The van der Waals surface area contributed by atoms with E-state index in [4.69, 9.17) is 32.5 Å². The van der Waals surface area contributed by atoms with Gasteiger partial charge in [0.15, 0.2) is 5.75 Å². The average molecular weight is 347 g/mol. The van der Waals surface area contributed by atoms with E-state index in [1.54, 1.807) is 18.2 Å². The molecule has 0 spiro atoms. The average Bonchev–Trinajstić information content (AvgIpc) is 2.42. The monoisotopic (exact) mass is 346 g/mol. The Morgan fingerprint density at radius 3 is 2.24 bits per heavy atom. The van der Waals surface area contributed by atoms with Gasteiger partial charge >= 0.3 is 5.97 Å². The van der Waals surface area contributed by atoms with Crippen molar-refractivity contribution >= 4 is 39.3 Å². The van der Waals surface area contributed by atoms with Crippen LogP contribution in [-0.2, 0) is 10.1 Å². The largest absolute Gasteiger partial charge is 0.420 e. The van der Waals surface area contributed by atoms with Crippen LogP contribution in [-0.4, -0.2) is 18.9 Å². The Labute approximate surface area is 130 Å². The lowest BCUT2D eigenvalue weighted by atomic mass is 10.2. The van der Waals surface area contributed by atoms with E-state index in [0.29, 0.717) is 0 Å². The van der Waals surface area contributed by atoms with Gasteiger partial charge in [0.05, 0.1) is 10.6 Å². The zero-order valence-corrected chi connectivity index (χ0v) is 12.6. The Morgan fingerprint density at radius 2 is 1.67 bits per heavy atom. The summed E-state index contributed by atoms with van der Waals surface area (Å²) in [5.74, 6) is -1.09. The van der Waals surface area contributed by atoms with Gasteiger partial charge in [-0.1, -0.05) is 41.4 Å². The van der Waals surface area contributed by atoms with Crippen molar-refractivity contribution in [2.24, 2.45) is 0 Å². The van der Waals surface area contributed by atoms with Gasteiger partial charge in [-0.15, -0.1) is 0 Å². The SMILES string of the molecule is O=C(Oc1c(Cl)ccc(S(=O)(=O)O)c1Cl)c1ccccc1. The first-order chi connectivity index (χ1) is 9.80. The summed E-state index contributed by atoms with van der Waals surface area (Å²) in [6, 6.07) is 10.2. The van der Waals surface area contributed by atoms with Gasteiger partial charge in [0.25, 0.3) is 10.1 Å². The molecule has 2 aromatic carbocycles. The fourth-order valence-corrected chi connectivity index (χ4v) is 2.83. The second-order valence-corrected chi connectivity index (χ2v) is 6.09. The van der Waals surface area contributed by atoms with Crippen LogP contribution >= 0.6 is 23.2 Å². The lowest BCUT2D eigenvalue weighted by Gasteiger charge is -2.10. The van der Waals surface area contributed by atoms with Gasteiger partial charge in [0.1, 0.15) is 9.92 Å². The first-order valence-electron chi connectivity index (χ1n) is 5.53. The first kappa shape index (κ1) is 15.8. The number of halogens is 2. The van der Waals surface area contributed by atoms with Gasteiger partial charge in [-0.05, 0) is 24.3 Å². The highest BCUT2D eigenvalue weighted by molar-refractivity contribution is 7.86. The smallest absolute Gasteiger partial charge is 0.343 e. The summed E-state index contributed by atoms with van der Waals surface area (Å²) >= 11 is 11.7. The third kappa shape index (κ3) is 3.54. The molecule has 0 aliphatic heterocycles. The van der Waals surface area contributed by atoms with Crippen molar-refractivity contribution < 1.29 is 22.5 Å². The summed E-state index contributed by atoms with van der Waals surface area (Å²) in [5, 5.41) is -0.522. The van der Waals surface area contributed by atoms with E-state index in [9.17, 15) is 13.2 Å². The molecule has 0 heterocycles. The number of ether oxygens (including phenoxy) is 1. The van der Waals surface area contributed by atoms with Crippen molar-refractivity contribution in [1.29, 1.82) is 0 Å². The molecular weight excluding hydrogens is 339 g/mol. The summed E-state index contributed by atoms with van der Waals surface area (Å²) in [6.07, 6.45) is 0. The molecule has 110 valence electrons. The number of hydrogen-bond acceptors (Lipinski definition) is 4. The van der Waals surface area contributed by atoms with Gasteiger partial charge in [-0.3, -0.25) is 4.55 Å². The molecule has 5 nitrogen and oxygen atoms in total. The van der Waals surface area contributed by atoms with Crippen LogP contribution in [0.25, 0.3) is 0 Å². The van der Waals surface area contributed by atoms with Crippen LogP contribution in [0.15, 0.2) is 47.4 Å². The number of carbonyl (C=O) groups excluding carboxylic acids is 1. The summed E-state index contributed by atoms with van der Waals surface area (Å²) in [6.45, 7) is 0. The van der Waals surface area contributed by atoms with Crippen LogP contribution in [0.3, 0.4) is 0 Å². The fraction of sp³-hybridized carbons (Fsp3) is 0. The molecule has 0 fully saturated rings. The number of hydrogen-bond donors (Lipinski definition) is 1. The van der Waals surface area contributed by atoms with Crippen molar-refractivity contribution in [1.82, 2.24) is 0 Å². The fourth-order valence-electron chi connectivity index (χ4n) is 1.53. The lowest BCUT2D eigenvalue weighted by Crippen LogP contribution is -2.10. The Morgan fingerprint density at radius 1 is 1.05 bits per heavy atom. The first-order valence-corrected chi connectivity index (χ1v) is 7.73. The number of benzene rings is 2. The third-order valence-corrected chi connectivity index (χ3v) is 4.18. The van der Waals surface area contributed by atoms with E-state index in [-0.39, 0.29) is 16.3 Å². The van der Waals surface area contributed by atoms with E-state index >= 15 is 0 Å². The number of esters is 1. The summed E-state index contributed by atoms with van der Waals surface area (Å²) in [4.78, 5) is 11.3. The molecule has 0 aliphatic carbocycles. The van der Waals surface area contributed by atoms with Crippen molar-refractivity contribution in [2.45, 2.75) is 4.90 Å². The zero-order valence-electron chi connectivity index (χ0n) is 10.3. The normalized spacial score (nSPS) is 11.2. The van der Waals surface area contributed by atoms with Crippen molar-refractivity contribution in [3.63, 3.8) is 0 Å². The molecule has 0 saturated heterocycles. The highest BCUT2D eigenvalue weighted by Crippen LogP contribution is 2.38. The minimum atomic E-state index is -4.56. The highest BCUT2D eigenvalue weighted by Gasteiger charge is 2.22. The summed E-state index contributed by atoms with van der Waals surface area (Å²) in [5.41, 5.74) is 0.238. The van der Waals surface area contributed by atoms with E-state index in [0.717, 1.165) is 12.1 Å². The molecule has 0 atom stereocenters.